The quantitative estimate of drug-likeness (QED) is 0.481. The molecule has 1 amide bonds. The SMILES string of the molecule is CCCNC(=O)c1cccc(CNC(=NC)NCCc2ccccc2Cl)c1. The lowest BCUT2D eigenvalue weighted by atomic mass is 10.1. The first-order valence-electron chi connectivity index (χ1n) is 9.19. The molecule has 0 heterocycles. The van der Waals surface area contributed by atoms with Gasteiger partial charge in [-0.1, -0.05) is 48.9 Å². The van der Waals surface area contributed by atoms with Gasteiger partial charge in [0.25, 0.3) is 5.91 Å². The van der Waals surface area contributed by atoms with Crippen LogP contribution in [0.2, 0.25) is 5.02 Å². The van der Waals surface area contributed by atoms with Crippen molar-refractivity contribution in [3.05, 3.63) is 70.2 Å². The van der Waals surface area contributed by atoms with Crippen molar-refractivity contribution in [3.63, 3.8) is 0 Å². The van der Waals surface area contributed by atoms with Crippen LogP contribution in [0.1, 0.15) is 34.8 Å². The van der Waals surface area contributed by atoms with Gasteiger partial charge < -0.3 is 16.0 Å². The third kappa shape index (κ3) is 6.94. The number of nitrogens with zero attached hydrogens (tertiary/aromatic N) is 1. The molecular weight excluding hydrogens is 360 g/mol. The van der Waals surface area contributed by atoms with Crippen molar-refractivity contribution in [3.8, 4) is 0 Å². The van der Waals surface area contributed by atoms with E-state index in [1.807, 2.05) is 55.5 Å². The van der Waals surface area contributed by atoms with Gasteiger partial charge in [0, 0.05) is 37.3 Å². The molecule has 2 aromatic carbocycles. The number of aliphatic imine (C=N–C) groups is 1. The van der Waals surface area contributed by atoms with Gasteiger partial charge in [0.2, 0.25) is 0 Å². The van der Waals surface area contributed by atoms with Crippen LogP contribution in [0.3, 0.4) is 0 Å². The summed E-state index contributed by atoms with van der Waals surface area (Å²) in [5.41, 5.74) is 2.80. The van der Waals surface area contributed by atoms with Crippen LogP contribution >= 0.6 is 11.6 Å². The number of hydrogen-bond donors (Lipinski definition) is 3. The fourth-order valence-corrected chi connectivity index (χ4v) is 2.82. The van der Waals surface area contributed by atoms with Gasteiger partial charge in [-0.05, 0) is 42.2 Å². The van der Waals surface area contributed by atoms with E-state index in [9.17, 15) is 4.79 Å². The molecule has 5 nitrogen and oxygen atoms in total. The Morgan fingerprint density at radius 1 is 1.04 bits per heavy atom. The van der Waals surface area contributed by atoms with Crippen LogP contribution in [0.25, 0.3) is 0 Å². The molecule has 0 atom stereocenters. The number of amides is 1. The van der Waals surface area contributed by atoms with E-state index in [4.69, 9.17) is 11.6 Å². The fourth-order valence-electron chi connectivity index (χ4n) is 2.59. The highest BCUT2D eigenvalue weighted by Crippen LogP contribution is 2.14. The number of nitrogens with one attached hydrogen (secondary N) is 3. The zero-order valence-corrected chi connectivity index (χ0v) is 16.6. The first-order valence-corrected chi connectivity index (χ1v) is 9.57. The molecule has 0 aliphatic carbocycles. The molecule has 0 radical (unpaired) electrons. The van der Waals surface area contributed by atoms with Gasteiger partial charge in [-0.15, -0.1) is 0 Å². The van der Waals surface area contributed by atoms with E-state index in [0.29, 0.717) is 24.6 Å². The molecule has 2 rings (SSSR count). The predicted molar refractivity (Wildman–Crippen MR) is 112 cm³/mol. The number of benzene rings is 2. The second kappa shape index (κ2) is 11.2. The molecular formula is C21H27ClN4O. The fraction of sp³-hybridized carbons (Fsp3) is 0.333. The van der Waals surface area contributed by atoms with E-state index in [2.05, 4.69) is 20.9 Å². The number of halogens is 1. The highest BCUT2D eigenvalue weighted by atomic mass is 35.5. The summed E-state index contributed by atoms with van der Waals surface area (Å²) in [4.78, 5) is 16.3. The molecule has 0 unspecified atom stereocenters. The van der Waals surface area contributed by atoms with Crippen LogP contribution in [0.4, 0.5) is 0 Å². The Bertz CT molecular complexity index is 776. The number of rotatable bonds is 8. The first kappa shape index (κ1) is 20.8. The van der Waals surface area contributed by atoms with E-state index in [-0.39, 0.29) is 5.91 Å². The topological polar surface area (TPSA) is 65.5 Å². The minimum atomic E-state index is -0.0408. The Labute approximate surface area is 166 Å². The standard InChI is InChI=1S/C21H27ClN4O/c1-3-12-24-20(27)18-9-6-7-16(14-18)15-26-21(23-2)25-13-11-17-8-4-5-10-19(17)22/h4-10,14H,3,11-13,15H2,1-2H3,(H,24,27)(H2,23,25,26). The molecule has 3 N–H and O–H groups in total. The zero-order valence-electron chi connectivity index (χ0n) is 15.9. The maximum absolute atomic E-state index is 12.1. The summed E-state index contributed by atoms with van der Waals surface area (Å²) < 4.78 is 0. The van der Waals surface area contributed by atoms with Gasteiger partial charge in [0.15, 0.2) is 5.96 Å². The van der Waals surface area contributed by atoms with Crippen LogP contribution in [0, 0.1) is 0 Å². The third-order valence-electron chi connectivity index (χ3n) is 4.05. The van der Waals surface area contributed by atoms with Gasteiger partial charge in [0.1, 0.15) is 0 Å². The van der Waals surface area contributed by atoms with Crippen LogP contribution in [0.5, 0.6) is 0 Å². The smallest absolute Gasteiger partial charge is 0.251 e. The third-order valence-corrected chi connectivity index (χ3v) is 4.42. The molecule has 0 bridgehead atoms. The van der Waals surface area contributed by atoms with Crippen LogP contribution < -0.4 is 16.0 Å². The Hall–Kier alpha value is -2.53. The van der Waals surface area contributed by atoms with Crippen LogP contribution in [0.15, 0.2) is 53.5 Å². The van der Waals surface area contributed by atoms with Crippen molar-refractivity contribution < 1.29 is 4.79 Å². The van der Waals surface area contributed by atoms with E-state index in [1.165, 1.54) is 0 Å². The number of hydrogen-bond acceptors (Lipinski definition) is 2. The van der Waals surface area contributed by atoms with Crippen LogP contribution in [-0.4, -0.2) is 32.0 Å². The molecule has 6 heteroatoms. The molecule has 0 fully saturated rings. The molecule has 0 aromatic heterocycles. The highest BCUT2D eigenvalue weighted by molar-refractivity contribution is 6.31. The van der Waals surface area contributed by atoms with Gasteiger partial charge >= 0.3 is 0 Å². The molecule has 0 saturated carbocycles. The second-order valence-electron chi connectivity index (χ2n) is 6.15. The van der Waals surface area contributed by atoms with Gasteiger partial charge in [0.05, 0.1) is 0 Å². The maximum atomic E-state index is 12.1. The first-order chi connectivity index (χ1) is 13.1. The minimum absolute atomic E-state index is 0.0408. The molecule has 0 aliphatic heterocycles. The summed E-state index contributed by atoms with van der Waals surface area (Å²) in [6.45, 7) is 4.03. The van der Waals surface area contributed by atoms with Gasteiger partial charge in [-0.2, -0.15) is 0 Å². The Morgan fingerprint density at radius 3 is 2.59 bits per heavy atom. The van der Waals surface area contributed by atoms with E-state index in [0.717, 1.165) is 35.5 Å². The lowest BCUT2D eigenvalue weighted by Gasteiger charge is -2.13. The number of guanidine groups is 1. The number of carbonyl (C=O) groups is 1. The van der Waals surface area contributed by atoms with Crippen LogP contribution in [-0.2, 0) is 13.0 Å². The van der Waals surface area contributed by atoms with Gasteiger partial charge in [-0.25, -0.2) is 0 Å². The summed E-state index contributed by atoms with van der Waals surface area (Å²) in [6, 6.07) is 15.4. The molecule has 27 heavy (non-hydrogen) atoms. The summed E-state index contributed by atoms with van der Waals surface area (Å²) in [7, 11) is 1.74. The minimum Gasteiger partial charge on any atom is -0.356 e. The number of carbonyl (C=O) groups excluding carboxylic acids is 1. The monoisotopic (exact) mass is 386 g/mol. The molecule has 0 spiro atoms. The maximum Gasteiger partial charge on any atom is 0.251 e. The van der Waals surface area contributed by atoms with Gasteiger partial charge in [-0.3, -0.25) is 9.79 Å². The van der Waals surface area contributed by atoms with Crippen molar-refractivity contribution in [1.82, 2.24) is 16.0 Å². The van der Waals surface area contributed by atoms with Crippen molar-refractivity contribution in [2.45, 2.75) is 26.3 Å². The average Bonchev–Trinajstić information content (AvgIpc) is 2.70. The molecule has 0 saturated heterocycles. The molecule has 2 aromatic rings. The summed E-state index contributed by atoms with van der Waals surface area (Å²) >= 11 is 6.18. The van der Waals surface area contributed by atoms with Crippen molar-refractivity contribution >= 4 is 23.5 Å². The Morgan fingerprint density at radius 2 is 1.85 bits per heavy atom. The van der Waals surface area contributed by atoms with E-state index >= 15 is 0 Å². The summed E-state index contributed by atoms with van der Waals surface area (Å²) in [6.07, 6.45) is 1.73. The predicted octanol–water partition coefficient (Wildman–Crippen LogP) is 3.39. The Kier molecular flexibility index (Phi) is 8.65. The molecule has 144 valence electrons. The van der Waals surface area contributed by atoms with E-state index < -0.39 is 0 Å². The van der Waals surface area contributed by atoms with Crippen molar-refractivity contribution in [2.75, 3.05) is 20.1 Å². The summed E-state index contributed by atoms with van der Waals surface area (Å²) in [5.74, 6) is 0.670. The molecule has 0 aliphatic rings. The second-order valence-corrected chi connectivity index (χ2v) is 6.56. The zero-order chi connectivity index (χ0) is 19.5. The lowest BCUT2D eigenvalue weighted by Crippen LogP contribution is -2.37. The van der Waals surface area contributed by atoms with E-state index in [1.54, 1.807) is 7.05 Å². The Balaban J connectivity index is 1.83. The largest absolute Gasteiger partial charge is 0.356 e. The summed E-state index contributed by atoms with van der Waals surface area (Å²) in [5, 5.41) is 10.2. The van der Waals surface area contributed by atoms with Crippen molar-refractivity contribution in [1.29, 1.82) is 0 Å². The average molecular weight is 387 g/mol. The highest BCUT2D eigenvalue weighted by Gasteiger charge is 2.06. The van der Waals surface area contributed by atoms with Crippen molar-refractivity contribution in [2.24, 2.45) is 4.99 Å². The normalized spacial score (nSPS) is 11.1. The lowest BCUT2D eigenvalue weighted by molar-refractivity contribution is 0.0953.